The van der Waals surface area contributed by atoms with E-state index >= 15 is 0 Å². The summed E-state index contributed by atoms with van der Waals surface area (Å²) in [7, 11) is 3.82. The molecule has 8 nitrogen and oxygen atoms in total. The zero-order valence-corrected chi connectivity index (χ0v) is 13.4. The fourth-order valence-electron chi connectivity index (χ4n) is 3.11. The van der Waals surface area contributed by atoms with Crippen molar-refractivity contribution in [3.05, 3.63) is 30.0 Å². The number of anilines is 1. The van der Waals surface area contributed by atoms with Gasteiger partial charge in [0.25, 0.3) is 0 Å². The molecule has 0 spiro atoms. The first-order valence-corrected chi connectivity index (χ1v) is 7.66. The lowest BCUT2D eigenvalue weighted by molar-refractivity contribution is 0.101. The van der Waals surface area contributed by atoms with Gasteiger partial charge in [0.15, 0.2) is 5.65 Å². The second-order valence-electron chi connectivity index (χ2n) is 5.84. The van der Waals surface area contributed by atoms with Gasteiger partial charge in [-0.25, -0.2) is 9.97 Å². The summed E-state index contributed by atoms with van der Waals surface area (Å²) in [5.74, 6) is 1.53. The van der Waals surface area contributed by atoms with Crippen LogP contribution < -0.4 is 5.32 Å². The van der Waals surface area contributed by atoms with Crippen molar-refractivity contribution in [3.8, 4) is 0 Å². The first kappa shape index (κ1) is 14.1. The Bertz CT molecular complexity index is 853. The van der Waals surface area contributed by atoms with Gasteiger partial charge in [0.05, 0.1) is 23.3 Å². The molecule has 4 heterocycles. The molecule has 120 valence electrons. The molecule has 1 N–H and O–H groups in total. The summed E-state index contributed by atoms with van der Waals surface area (Å²) in [5, 5.41) is 13.0. The lowest BCUT2D eigenvalue weighted by Crippen LogP contribution is -2.25. The minimum absolute atomic E-state index is 0.0375. The highest BCUT2D eigenvalue weighted by Crippen LogP contribution is 2.32. The summed E-state index contributed by atoms with van der Waals surface area (Å²) in [4.78, 5) is 9.02. The van der Waals surface area contributed by atoms with Crippen molar-refractivity contribution >= 4 is 16.9 Å². The fraction of sp³-hybridized carbons (Fsp3) is 0.467. The summed E-state index contributed by atoms with van der Waals surface area (Å²) in [5.41, 5.74) is 1.89. The third-order valence-electron chi connectivity index (χ3n) is 4.27. The van der Waals surface area contributed by atoms with Crippen molar-refractivity contribution in [3.63, 3.8) is 0 Å². The first-order chi connectivity index (χ1) is 11.1. The SMILES string of the molecule is Cc1nc(N[C@H]2CCO[C@@H]2c2ccnn2C)c2cnn(C)c2n1. The fourth-order valence-corrected chi connectivity index (χ4v) is 3.11. The second-order valence-corrected chi connectivity index (χ2v) is 5.84. The van der Waals surface area contributed by atoms with E-state index in [9.17, 15) is 0 Å². The molecule has 0 bridgehead atoms. The second kappa shape index (κ2) is 5.31. The third-order valence-corrected chi connectivity index (χ3v) is 4.27. The molecule has 8 heteroatoms. The number of rotatable bonds is 3. The summed E-state index contributed by atoms with van der Waals surface area (Å²) in [6, 6.07) is 2.14. The van der Waals surface area contributed by atoms with Gasteiger partial charge < -0.3 is 10.1 Å². The Balaban J connectivity index is 1.69. The van der Waals surface area contributed by atoms with E-state index in [4.69, 9.17) is 4.74 Å². The Morgan fingerprint density at radius 1 is 1.22 bits per heavy atom. The van der Waals surface area contributed by atoms with Gasteiger partial charge in [-0.15, -0.1) is 0 Å². The highest BCUT2D eigenvalue weighted by Gasteiger charge is 2.32. The number of nitrogens with zero attached hydrogens (tertiary/aromatic N) is 6. The lowest BCUT2D eigenvalue weighted by Gasteiger charge is -2.21. The molecule has 1 aliphatic rings. The monoisotopic (exact) mass is 313 g/mol. The molecule has 1 aliphatic heterocycles. The number of nitrogens with one attached hydrogen (secondary N) is 1. The number of ether oxygens (including phenoxy) is 1. The van der Waals surface area contributed by atoms with E-state index in [1.54, 1.807) is 17.1 Å². The van der Waals surface area contributed by atoms with E-state index < -0.39 is 0 Å². The zero-order valence-electron chi connectivity index (χ0n) is 13.4. The highest BCUT2D eigenvalue weighted by atomic mass is 16.5. The Kier molecular flexibility index (Phi) is 3.26. The number of aryl methyl sites for hydroxylation is 3. The van der Waals surface area contributed by atoms with Gasteiger partial charge in [-0.2, -0.15) is 10.2 Å². The van der Waals surface area contributed by atoms with Crippen molar-refractivity contribution in [1.82, 2.24) is 29.5 Å². The van der Waals surface area contributed by atoms with E-state index in [0.29, 0.717) is 6.61 Å². The van der Waals surface area contributed by atoms with E-state index in [0.717, 1.165) is 34.8 Å². The van der Waals surface area contributed by atoms with Crippen molar-refractivity contribution in [2.24, 2.45) is 14.1 Å². The maximum absolute atomic E-state index is 5.92. The van der Waals surface area contributed by atoms with Crippen LogP contribution in [0.25, 0.3) is 11.0 Å². The van der Waals surface area contributed by atoms with Gasteiger partial charge in [0.2, 0.25) is 0 Å². The molecular formula is C15H19N7O. The van der Waals surface area contributed by atoms with Crippen LogP contribution in [-0.4, -0.2) is 42.2 Å². The Labute approximate surface area is 133 Å². The summed E-state index contributed by atoms with van der Waals surface area (Å²) >= 11 is 0. The Hall–Kier alpha value is -2.48. The van der Waals surface area contributed by atoms with Gasteiger partial charge in [0, 0.05) is 26.9 Å². The van der Waals surface area contributed by atoms with Crippen LogP contribution in [0.4, 0.5) is 5.82 Å². The third kappa shape index (κ3) is 2.35. The molecule has 1 saturated heterocycles. The van der Waals surface area contributed by atoms with Crippen LogP contribution in [0.3, 0.4) is 0 Å². The molecule has 0 amide bonds. The molecule has 23 heavy (non-hydrogen) atoms. The molecule has 1 fully saturated rings. The van der Waals surface area contributed by atoms with Crippen molar-refractivity contribution in [1.29, 1.82) is 0 Å². The molecule has 3 aromatic heterocycles. The minimum Gasteiger partial charge on any atom is -0.370 e. The van der Waals surface area contributed by atoms with E-state index in [2.05, 4.69) is 25.5 Å². The maximum Gasteiger partial charge on any atom is 0.163 e. The highest BCUT2D eigenvalue weighted by molar-refractivity contribution is 5.86. The molecule has 0 unspecified atom stereocenters. The first-order valence-electron chi connectivity index (χ1n) is 7.66. The van der Waals surface area contributed by atoms with Crippen LogP contribution in [0.1, 0.15) is 24.0 Å². The molecule has 3 aromatic rings. The van der Waals surface area contributed by atoms with Crippen LogP contribution in [0.15, 0.2) is 18.5 Å². The number of fused-ring (bicyclic) bond motifs is 1. The van der Waals surface area contributed by atoms with Gasteiger partial charge in [-0.05, 0) is 19.4 Å². The predicted octanol–water partition coefficient (Wildman–Crippen LogP) is 1.35. The van der Waals surface area contributed by atoms with Crippen LogP contribution in [0.5, 0.6) is 0 Å². The largest absolute Gasteiger partial charge is 0.370 e. The van der Waals surface area contributed by atoms with Crippen molar-refractivity contribution < 1.29 is 4.74 Å². The molecule has 0 aliphatic carbocycles. The normalized spacial score (nSPS) is 21.2. The molecular weight excluding hydrogens is 294 g/mol. The smallest absolute Gasteiger partial charge is 0.163 e. The molecule has 4 rings (SSSR count). The Morgan fingerprint density at radius 3 is 2.87 bits per heavy atom. The van der Waals surface area contributed by atoms with Gasteiger partial charge >= 0.3 is 0 Å². The Morgan fingerprint density at radius 2 is 2.09 bits per heavy atom. The number of aromatic nitrogens is 6. The van der Waals surface area contributed by atoms with Crippen LogP contribution in [-0.2, 0) is 18.8 Å². The molecule has 0 radical (unpaired) electrons. The summed E-state index contributed by atoms with van der Waals surface area (Å²) < 4.78 is 9.54. The number of hydrogen-bond donors (Lipinski definition) is 1. The van der Waals surface area contributed by atoms with Crippen LogP contribution in [0.2, 0.25) is 0 Å². The number of hydrogen-bond acceptors (Lipinski definition) is 6. The van der Waals surface area contributed by atoms with E-state index in [1.165, 1.54) is 0 Å². The predicted molar refractivity (Wildman–Crippen MR) is 85.0 cm³/mol. The zero-order chi connectivity index (χ0) is 16.0. The van der Waals surface area contributed by atoms with Gasteiger partial charge in [-0.1, -0.05) is 0 Å². The quantitative estimate of drug-likeness (QED) is 0.786. The van der Waals surface area contributed by atoms with Gasteiger partial charge in [-0.3, -0.25) is 9.36 Å². The topological polar surface area (TPSA) is 82.7 Å². The van der Waals surface area contributed by atoms with Crippen LogP contribution >= 0.6 is 0 Å². The molecule has 0 saturated carbocycles. The minimum atomic E-state index is -0.0375. The molecule has 0 aromatic carbocycles. The molecule has 2 atom stereocenters. The standard InChI is InChI=1S/C15H19N7O/c1-9-18-14(10-8-17-22(3)15(10)19-9)20-11-5-7-23-13(11)12-4-6-16-21(12)2/h4,6,8,11,13H,5,7H2,1-3H3,(H,18,19,20)/t11-,13-/m0/s1. The van der Waals surface area contributed by atoms with Crippen molar-refractivity contribution in [2.75, 3.05) is 11.9 Å². The van der Waals surface area contributed by atoms with Gasteiger partial charge in [0.1, 0.15) is 17.7 Å². The van der Waals surface area contributed by atoms with Crippen molar-refractivity contribution in [2.45, 2.75) is 25.5 Å². The summed E-state index contributed by atoms with van der Waals surface area (Å²) in [6.45, 7) is 2.61. The average Bonchev–Trinajstić information content (AvgIpc) is 3.21. The average molecular weight is 313 g/mol. The van der Waals surface area contributed by atoms with Crippen LogP contribution in [0, 0.1) is 6.92 Å². The maximum atomic E-state index is 5.92. The summed E-state index contributed by atoms with van der Waals surface area (Å²) in [6.07, 6.45) is 4.47. The van der Waals surface area contributed by atoms with E-state index in [1.807, 2.05) is 31.8 Å². The lowest BCUT2D eigenvalue weighted by atomic mass is 10.1. The van der Waals surface area contributed by atoms with E-state index in [-0.39, 0.29) is 12.1 Å².